The van der Waals surface area contributed by atoms with E-state index in [0.717, 1.165) is 5.56 Å². The highest BCUT2D eigenvalue weighted by atomic mass is 16.5. The Labute approximate surface area is 158 Å². The third-order valence-corrected chi connectivity index (χ3v) is 6.44. The second kappa shape index (κ2) is 6.50. The molecule has 5 heteroatoms. The summed E-state index contributed by atoms with van der Waals surface area (Å²) < 4.78 is 11.7. The van der Waals surface area contributed by atoms with E-state index >= 15 is 0 Å². The minimum absolute atomic E-state index is 0.161. The van der Waals surface area contributed by atoms with E-state index in [1.54, 1.807) is 6.07 Å². The van der Waals surface area contributed by atoms with Gasteiger partial charge in [-0.05, 0) is 31.6 Å². The number of rotatable bonds is 2. The lowest BCUT2D eigenvalue weighted by Crippen LogP contribution is -2.60. The maximum absolute atomic E-state index is 12.7. The van der Waals surface area contributed by atoms with Crippen molar-refractivity contribution < 1.29 is 19.4 Å². The highest BCUT2D eigenvalue weighted by Crippen LogP contribution is 2.52. The quantitative estimate of drug-likeness (QED) is 0.845. The van der Waals surface area contributed by atoms with Crippen LogP contribution in [-0.2, 0) is 0 Å². The van der Waals surface area contributed by atoms with Crippen LogP contribution in [0.15, 0.2) is 45.6 Å². The van der Waals surface area contributed by atoms with Crippen molar-refractivity contribution in [1.82, 2.24) is 0 Å². The molecule has 1 unspecified atom stereocenters. The van der Waals surface area contributed by atoms with Gasteiger partial charge in [0.25, 0.3) is 0 Å². The van der Waals surface area contributed by atoms with Crippen molar-refractivity contribution in [1.29, 1.82) is 0 Å². The molecule has 2 aromatic rings. The molecule has 5 nitrogen and oxygen atoms in total. The lowest BCUT2D eigenvalue weighted by molar-refractivity contribution is -0.168. The van der Waals surface area contributed by atoms with Gasteiger partial charge >= 0.3 is 5.63 Å². The fraction of sp³-hybridized carbons (Fsp3) is 0.500. The highest BCUT2D eigenvalue weighted by molar-refractivity contribution is 5.59. The zero-order valence-electron chi connectivity index (χ0n) is 15.9. The summed E-state index contributed by atoms with van der Waals surface area (Å²) in [5.74, 6) is 0.993. The molecule has 1 aliphatic heterocycles. The van der Waals surface area contributed by atoms with E-state index in [0.29, 0.717) is 30.3 Å². The summed E-state index contributed by atoms with van der Waals surface area (Å²) in [6, 6.07) is 10.9. The van der Waals surface area contributed by atoms with Crippen molar-refractivity contribution >= 4 is 0 Å². The fourth-order valence-electron chi connectivity index (χ4n) is 4.57. The van der Waals surface area contributed by atoms with Gasteiger partial charge in [0.2, 0.25) is 0 Å². The molecule has 4 rings (SSSR count). The molecule has 144 valence electrons. The zero-order valence-corrected chi connectivity index (χ0v) is 15.9. The van der Waals surface area contributed by atoms with Crippen LogP contribution in [0, 0.1) is 17.8 Å². The number of hydrogen-bond donors (Lipinski definition) is 2. The van der Waals surface area contributed by atoms with Crippen LogP contribution >= 0.6 is 0 Å². The third kappa shape index (κ3) is 2.89. The molecule has 1 aromatic carbocycles. The van der Waals surface area contributed by atoms with E-state index in [2.05, 4.69) is 13.8 Å². The summed E-state index contributed by atoms with van der Waals surface area (Å²) in [5, 5.41) is 21.9. The predicted octanol–water partition coefficient (Wildman–Crippen LogP) is 3.53. The van der Waals surface area contributed by atoms with E-state index in [4.69, 9.17) is 9.15 Å². The van der Waals surface area contributed by atoms with E-state index in [1.165, 1.54) is 0 Å². The maximum Gasteiger partial charge on any atom is 0.345 e. The van der Waals surface area contributed by atoms with Crippen LogP contribution in [0.3, 0.4) is 0 Å². The van der Waals surface area contributed by atoms with Crippen LogP contribution in [0.1, 0.15) is 45.3 Å². The zero-order chi connectivity index (χ0) is 19.3. The second-order valence-corrected chi connectivity index (χ2v) is 8.37. The first-order chi connectivity index (χ1) is 12.8. The van der Waals surface area contributed by atoms with Crippen LogP contribution in [-0.4, -0.2) is 21.9 Å². The molecule has 0 saturated heterocycles. The van der Waals surface area contributed by atoms with Crippen molar-refractivity contribution in [3.05, 3.63) is 52.4 Å². The monoisotopic (exact) mass is 370 g/mol. The first kappa shape index (κ1) is 18.3. The standard InChI is InChI=1S/C22H26O5/c1-12(2)14-9-15-20(24)19-17(27-22(15,3)18(23)10-14)11-16(26-21(19)25)13-7-5-4-6-8-13/h4-8,11-12,14-15,18,20,23-24H,9-10H2,1-3H3/t14?,15-,18-,20+,22-/m0/s1. The van der Waals surface area contributed by atoms with Crippen LogP contribution in [0.5, 0.6) is 5.75 Å². The second-order valence-electron chi connectivity index (χ2n) is 8.37. The lowest BCUT2D eigenvalue weighted by atomic mass is 9.63. The van der Waals surface area contributed by atoms with Gasteiger partial charge in [0.1, 0.15) is 22.7 Å². The molecule has 1 aromatic heterocycles. The number of benzene rings is 1. The molecule has 1 aliphatic carbocycles. The summed E-state index contributed by atoms with van der Waals surface area (Å²) in [5.41, 5.74) is -0.595. The smallest absolute Gasteiger partial charge is 0.345 e. The minimum atomic E-state index is -1.02. The summed E-state index contributed by atoms with van der Waals surface area (Å²) >= 11 is 0. The Morgan fingerprint density at radius 1 is 1.15 bits per heavy atom. The van der Waals surface area contributed by atoms with E-state index in [9.17, 15) is 15.0 Å². The van der Waals surface area contributed by atoms with E-state index < -0.39 is 23.4 Å². The van der Waals surface area contributed by atoms with Gasteiger partial charge in [0.15, 0.2) is 0 Å². The van der Waals surface area contributed by atoms with Gasteiger partial charge in [-0.2, -0.15) is 0 Å². The maximum atomic E-state index is 12.7. The molecule has 0 bridgehead atoms. The molecule has 0 radical (unpaired) electrons. The molecule has 2 heterocycles. The van der Waals surface area contributed by atoms with Gasteiger partial charge in [0.05, 0.1) is 12.2 Å². The third-order valence-electron chi connectivity index (χ3n) is 6.44. The van der Waals surface area contributed by atoms with Gasteiger partial charge in [-0.25, -0.2) is 4.79 Å². The number of ether oxygens (including phenoxy) is 1. The van der Waals surface area contributed by atoms with Gasteiger partial charge in [-0.15, -0.1) is 0 Å². The Hall–Kier alpha value is -2.11. The first-order valence-electron chi connectivity index (χ1n) is 9.60. The molecule has 2 N–H and O–H groups in total. The first-order valence-corrected chi connectivity index (χ1v) is 9.60. The number of aliphatic hydroxyl groups excluding tert-OH is 2. The Balaban J connectivity index is 1.80. The van der Waals surface area contributed by atoms with E-state index in [1.807, 2.05) is 37.3 Å². The molecule has 1 saturated carbocycles. The minimum Gasteiger partial charge on any atom is -0.484 e. The van der Waals surface area contributed by atoms with E-state index in [-0.39, 0.29) is 17.4 Å². The summed E-state index contributed by atoms with van der Waals surface area (Å²) in [6.07, 6.45) is -0.402. The molecule has 27 heavy (non-hydrogen) atoms. The highest BCUT2D eigenvalue weighted by Gasteiger charge is 2.55. The largest absolute Gasteiger partial charge is 0.484 e. The molecule has 0 spiro atoms. The Kier molecular flexibility index (Phi) is 4.40. The number of hydrogen-bond acceptors (Lipinski definition) is 5. The van der Waals surface area contributed by atoms with Crippen LogP contribution in [0.2, 0.25) is 0 Å². The lowest BCUT2D eigenvalue weighted by Gasteiger charge is -2.52. The predicted molar refractivity (Wildman–Crippen MR) is 101 cm³/mol. The van der Waals surface area contributed by atoms with Crippen LogP contribution in [0.4, 0.5) is 0 Å². The summed E-state index contributed by atoms with van der Waals surface area (Å²) in [6.45, 7) is 6.07. The average Bonchev–Trinajstić information content (AvgIpc) is 2.63. The van der Waals surface area contributed by atoms with Gasteiger partial charge in [0, 0.05) is 17.5 Å². The summed E-state index contributed by atoms with van der Waals surface area (Å²) in [4.78, 5) is 12.7. The Morgan fingerprint density at radius 3 is 2.52 bits per heavy atom. The van der Waals surface area contributed by atoms with Crippen molar-refractivity contribution in [3.63, 3.8) is 0 Å². The fourth-order valence-corrected chi connectivity index (χ4v) is 4.57. The summed E-state index contributed by atoms with van der Waals surface area (Å²) in [7, 11) is 0. The molecule has 0 amide bonds. The molecule has 5 atom stereocenters. The normalized spacial score (nSPS) is 32.5. The topological polar surface area (TPSA) is 79.9 Å². The van der Waals surface area contributed by atoms with Crippen molar-refractivity contribution in [2.45, 2.75) is 51.4 Å². The van der Waals surface area contributed by atoms with Gasteiger partial charge < -0.3 is 19.4 Å². The molecular weight excluding hydrogens is 344 g/mol. The van der Waals surface area contributed by atoms with Crippen molar-refractivity contribution in [3.8, 4) is 17.1 Å². The molecule has 2 aliphatic rings. The SMILES string of the molecule is CC(C)C1C[C@H](O)[C@@]2(C)Oc3cc(-c4ccccc4)oc(=O)c3[C@H](O)[C@@H]2C1. The van der Waals surface area contributed by atoms with Crippen LogP contribution in [0.25, 0.3) is 11.3 Å². The number of fused-ring (bicyclic) bond motifs is 2. The van der Waals surface area contributed by atoms with Crippen molar-refractivity contribution in [2.24, 2.45) is 17.8 Å². The average molecular weight is 370 g/mol. The van der Waals surface area contributed by atoms with Crippen LogP contribution < -0.4 is 10.4 Å². The molecule has 1 fully saturated rings. The van der Waals surface area contributed by atoms with Gasteiger partial charge in [-0.1, -0.05) is 44.2 Å². The van der Waals surface area contributed by atoms with Gasteiger partial charge in [-0.3, -0.25) is 0 Å². The molecular formula is C22H26O5. The Bertz CT molecular complexity index is 887. The Morgan fingerprint density at radius 2 is 1.85 bits per heavy atom. The number of aliphatic hydroxyl groups is 2. The van der Waals surface area contributed by atoms with Crippen molar-refractivity contribution in [2.75, 3.05) is 0 Å².